The first-order chi connectivity index (χ1) is 11.0. The number of fused-ring (bicyclic) bond motifs is 1. The molecule has 0 radical (unpaired) electrons. The third-order valence-electron chi connectivity index (χ3n) is 3.74. The number of nitrogens with two attached hydrogens (primary N) is 1. The molecule has 0 unspecified atom stereocenters. The van der Waals surface area contributed by atoms with Gasteiger partial charge in [-0.25, -0.2) is 4.98 Å². The number of benzene rings is 1. The molecule has 23 heavy (non-hydrogen) atoms. The molecule has 0 saturated heterocycles. The average molecular weight is 329 g/mol. The number of amides is 1. The van der Waals surface area contributed by atoms with Crippen LogP contribution in [0.5, 0.6) is 5.75 Å². The van der Waals surface area contributed by atoms with Crippen LogP contribution in [0.3, 0.4) is 0 Å². The normalized spacial score (nSPS) is 10.9. The summed E-state index contributed by atoms with van der Waals surface area (Å²) in [5.74, 6) is 0.256. The van der Waals surface area contributed by atoms with Gasteiger partial charge in [0.15, 0.2) is 11.2 Å². The zero-order chi connectivity index (χ0) is 16.7. The van der Waals surface area contributed by atoms with Gasteiger partial charge >= 0.3 is 0 Å². The van der Waals surface area contributed by atoms with Crippen LogP contribution in [0.2, 0.25) is 0 Å². The molecule has 2 aromatic heterocycles. The quantitative estimate of drug-likeness (QED) is 0.745. The van der Waals surface area contributed by atoms with Gasteiger partial charge in [-0.1, -0.05) is 11.3 Å². The number of thiazole rings is 1. The molecule has 0 fully saturated rings. The van der Waals surface area contributed by atoms with Crippen LogP contribution < -0.4 is 10.5 Å². The number of carbonyl (C=O) groups is 2. The topological polar surface area (TPSA) is 86.7 Å². The van der Waals surface area contributed by atoms with Gasteiger partial charge in [0, 0.05) is 11.3 Å². The lowest BCUT2D eigenvalue weighted by Crippen LogP contribution is -2.11. The van der Waals surface area contributed by atoms with Crippen LogP contribution in [0.4, 0.5) is 0 Å². The number of primary amides is 1. The van der Waals surface area contributed by atoms with Crippen molar-refractivity contribution in [3.05, 3.63) is 40.0 Å². The van der Waals surface area contributed by atoms with E-state index >= 15 is 0 Å². The Bertz CT molecular complexity index is 940. The van der Waals surface area contributed by atoms with Gasteiger partial charge in [0.25, 0.3) is 5.91 Å². The Morgan fingerprint density at radius 2 is 2.13 bits per heavy atom. The predicted octanol–water partition coefficient (Wildman–Crippen LogP) is 2.60. The van der Waals surface area contributed by atoms with Crippen molar-refractivity contribution < 1.29 is 14.3 Å². The Morgan fingerprint density at radius 3 is 2.70 bits per heavy atom. The fourth-order valence-corrected chi connectivity index (χ4v) is 3.63. The van der Waals surface area contributed by atoms with Crippen LogP contribution in [0.25, 0.3) is 16.2 Å². The Kier molecular flexibility index (Phi) is 3.65. The second-order valence-electron chi connectivity index (χ2n) is 5.15. The van der Waals surface area contributed by atoms with Gasteiger partial charge in [0.2, 0.25) is 0 Å². The number of rotatable bonds is 4. The van der Waals surface area contributed by atoms with Crippen LogP contribution in [0, 0.1) is 13.8 Å². The van der Waals surface area contributed by atoms with E-state index in [0.717, 1.165) is 23.2 Å². The smallest absolute Gasteiger partial charge is 0.260 e. The molecule has 0 atom stereocenters. The molecule has 2 N–H and O–H groups in total. The monoisotopic (exact) mass is 329 g/mol. The summed E-state index contributed by atoms with van der Waals surface area (Å²) in [5, 5.41) is 0. The molecule has 1 amide bonds. The van der Waals surface area contributed by atoms with Gasteiger partial charge in [-0.2, -0.15) is 0 Å². The van der Waals surface area contributed by atoms with E-state index in [0.29, 0.717) is 26.9 Å². The van der Waals surface area contributed by atoms with E-state index < -0.39 is 5.91 Å². The molecule has 0 saturated carbocycles. The largest absolute Gasteiger partial charge is 0.496 e. The van der Waals surface area contributed by atoms with Gasteiger partial charge in [-0.05, 0) is 37.6 Å². The van der Waals surface area contributed by atoms with Gasteiger partial charge in [0.1, 0.15) is 22.0 Å². The third-order valence-corrected chi connectivity index (χ3v) is 4.90. The second kappa shape index (κ2) is 5.51. The summed E-state index contributed by atoms with van der Waals surface area (Å²) in [7, 11) is 1.61. The van der Waals surface area contributed by atoms with Crippen LogP contribution >= 0.6 is 11.3 Å². The molecule has 1 aromatic carbocycles. The Morgan fingerprint density at radius 1 is 1.39 bits per heavy atom. The number of hydrogen-bond acceptors (Lipinski definition) is 5. The number of ether oxygens (including phenoxy) is 1. The van der Waals surface area contributed by atoms with Crippen LogP contribution in [-0.2, 0) is 0 Å². The summed E-state index contributed by atoms with van der Waals surface area (Å²) in [4.78, 5) is 28.6. The van der Waals surface area contributed by atoms with Crippen molar-refractivity contribution in [3.8, 4) is 17.0 Å². The fourth-order valence-electron chi connectivity index (χ4n) is 2.65. The highest BCUT2D eigenvalue weighted by atomic mass is 32.1. The number of aldehydes is 1. The minimum Gasteiger partial charge on any atom is -0.496 e. The minimum absolute atomic E-state index is 0.408. The lowest BCUT2D eigenvalue weighted by Gasteiger charge is -2.06. The molecule has 6 nitrogen and oxygen atoms in total. The van der Waals surface area contributed by atoms with Crippen molar-refractivity contribution in [2.24, 2.45) is 5.73 Å². The first-order valence-electron chi connectivity index (χ1n) is 6.89. The molecule has 0 aliphatic carbocycles. The lowest BCUT2D eigenvalue weighted by atomic mass is 10.1. The van der Waals surface area contributed by atoms with E-state index in [9.17, 15) is 9.59 Å². The number of nitrogens with zero attached hydrogens (tertiary/aromatic N) is 2. The molecular weight excluding hydrogens is 314 g/mol. The summed E-state index contributed by atoms with van der Waals surface area (Å²) >= 11 is 1.18. The first-order valence-corrected chi connectivity index (χ1v) is 7.71. The SMILES string of the molecule is COc1ccc(-c2nc3sc(C(N)=O)c(C)n3c2C=O)cc1C. The molecule has 3 rings (SSSR count). The number of carbonyl (C=O) groups excluding carboxylic acids is 2. The summed E-state index contributed by atoms with van der Waals surface area (Å²) in [6.07, 6.45) is 0.749. The molecule has 3 aromatic rings. The Hall–Kier alpha value is -2.67. The summed E-state index contributed by atoms with van der Waals surface area (Å²) in [6, 6.07) is 5.62. The third kappa shape index (κ3) is 2.29. The lowest BCUT2D eigenvalue weighted by molar-refractivity contribution is 0.100. The number of aromatic nitrogens is 2. The highest BCUT2D eigenvalue weighted by Crippen LogP contribution is 2.32. The van der Waals surface area contributed by atoms with E-state index in [1.165, 1.54) is 11.3 Å². The molecular formula is C16H15N3O3S. The fraction of sp³-hybridized carbons (Fsp3) is 0.188. The predicted molar refractivity (Wildman–Crippen MR) is 88.4 cm³/mol. The van der Waals surface area contributed by atoms with Crippen molar-refractivity contribution in [2.75, 3.05) is 7.11 Å². The van der Waals surface area contributed by atoms with Crippen LogP contribution in [0.15, 0.2) is 18.2 Å². The maximum atomic E-state index is 11.6. The number of aryl methyl sites for hydroxylation is 2. The second-order valence-corrected chi connectivity index (χ2v) is 6.12. The van der Waals surface area contributed by atoms with Gasteiger partial charge in [-0.3, -0.25) is 14.0 Å². The van der Waals surface area contributed by atoms with Crippen LogP contribution in [0.1, 0.15) is 31.4 Å². The zero-order valence-electron chi connectivity index (χ0n) is 12.9. The molecule has 0 bridgehead atoms. The van der Waals surface area contributed by atoms with Crippen molar-refractivity contribution in [1.29, 1.82) is 0 Å². The standard InChI is InChI=1S/C16H15N3O3S/c1-8-6-10(4-5-12(8)22-3)13-11(7-20)19-9(2)14(15(17)21)23-16(19)18-13/h4-7H,1-3H3,(H2,17,21). The average Bonchev–Trinajstić information content (AvgIpc) is 3.04. The van der Waals surface area contributed by atoms with Crippen molar-refractivity contribution in [2.45, 2.75) is 13.8 Å². The van der Waals surface area contributed by atoms with E-state index in [1.54, 1.807) is 18.4 Å². The van der Waals surface area contributed by atoms with Crippen molar-refractivity contribution in [1.82, 2.24) is 9.38 Å². The molecule has 2 heterocycles. The van der Waals surface area contributed by atoms with Crippen LogP contribution in [-0.4, -0.2) is 28.7 Å². The maximum Gasteiger partial charge on any atom is 0.260 e. The van der Waals surface area contributed by atoms with Gasteiger partial charge in [0.05, 0.1) is 7.11 Å². The summed E-state index contributed by atoms with van der Waals surface area (Å²) in [5.41, 5.74) is 8.75. The minimum atomic E-state index is -0.517. The molecule has 0 spiro atoms. The van der Waals surface area contributed by atoms with Crippen molar-refractivity contribution in [3.63, 3.8) is 0 Å². The summed E-state index contributed by atoms with van der Waals surface area (Å²) < 4.78 is 6.93. The maximum absolute atomic E-state index is 11.6. The van der Waals surface area contributed by atoms with Gasteiger partial charge in [-0.15, -0.1) is 0 Å². The molecule has 0 aliphatic rings. The van der Waals surface area contributed by atoms with E-state index in [1.807, 2.05) is 25.1 Å². The molecule has 7 heteroatoms. The summed E-state index contributed by atoms with van der Waals surface area (Å²) in [6.45, 7) is 3.68. The first kappa shape index (κ1) is 15.2. The number of imidazole rings is 1. The van der Waals surface area contributed by atoms with Crippen molar-refractivity contribution >= 4 is 28.5 Å². The molecule has 118 valence electrons. The number of methoxy groups -OCH3 is 1. The van der Waals surface area contributed by atoms with E-state index in [2.05, 4.69) is 4.98 Å². The number of hydrogen-bond donors (Lipinski definition) is 1. The zero-order valence-corrected chi connectivity index (χ0v) is 13.7. The Labute approximate surface area is 136 Å². The van der Waals surface area contributed by atoms with E-state index in [-0.39, 0.29) is 0 Å². The highest BCUT2D eigenvalue weighted by molar-refractivity contribution is 7.19. The molecule has 0 aliphatic heterocycles. The highest BCUT2D eigenvalue weighted by Gasteiger charge is 2.21. The Balaban J connectivity index is 2.24. The van der Waals surface area contributed by atoms with Gasteiger partial charge < -0.3 is 10.5 Å². The van der Waals surface area contributed by atoms with E-state index in [4.69, 9.17) is 10.5 Å².